The molecular weight excluding hydrogens is 202 g/mol. The third-order valence-electron chi connectivity index (χ3n) is 4.05. The van der Waals surface area contributed by atoms with E-state index >= 15 is 0 Å². The van der Waals surface area contributed by atoms with Gasteiger partial charge in [-0.2, -0.15) is 0 Å². The Morgan fingerprint density at radius 1 is 1.25 bits per heavy atom. The molecule has 16 heavy (non-hydrogen) atoms. The minimum atomic E-state index is -0.850. The molecule has 1 aliphatic heterocycles. The van der Waals surface area contributed by atoms with Gasteiger partial charge in [0.15, 0.2) is 0 Å². The number of rotatable bonds is 4. The zero-order valence-electron chi connectivity index (χ0n) is 9.82. The van der Waals surface area contributed by atoms with Crippen LogP contribution in [-0.4, -0.2) is 35.1 Å². The Morgan fingerprint density at radius 2 is 1.94 bits per heavy atom. The van der Waals surface area contributed by atoms with Crippen LogP contribution in [0.1, 0.15) is 38.5 Å². The summed E-state index contributed by atoms with van der Waals surface area (Å²) in [5.41, 5.74) is 0.338. The minimum absolute atomic E-state index is 0.338. The molecule has 90 valence electrons. The molecule has 2 aliphatic rings. The number of likely N-dealkylation sites (tertiary alicyclic amines) is 1. The van der Waals surface area contributed by atoms with E-state index in [0.717, 1.165) is 12.5 Å². The maximum Gasteiger partial charge on any atom is 0.332 e. The fraction of sp³-hybridized carbons (Fsp3) is 0.769. The number of carboxylic acid groups (broad SMARTS) is 1. The van der Waals surface area contributed by atoms with E-state index in [4.69, 9.17) is 5.11 Å². The number of carbonyl (C=O) groups is 1. The van der Waals surface area contributed by atoms with E-state index in [9.17, 15) is 4.79 Å². The number of aliphatic carboxylic acids is 1. The van der Waals surface area contributed by atoms with Gasteiger partial charge >= 0.3 is 5.97 Å². The molecule has 1 atom stereocenters. The SMILES string of the molecule is C=C(CN1CCCC1C1CCCC1)C(=O)O. The van der Waals surface area contributed by atoms with Gasteiger partial charge < -0.3 is 5.11 Å². The van der Waals surface area contributed by atoms with Crippen molar-refractivity contribution in [1.29, 1.82) is 0 Å². The number of hydrogen-bond donors (Lipinski definition) is 1. The first-order valence-corrected chi connectivity index (χ1v) is 6.33. The van der Waals surface area contributed by atoms with Crippen LogP contribution in [0.3, 0.4) is 0 Å². The molecule has 3 heteroatoms. The molecule has 2 fully saturated rings. The van der Waals surface area contributed by atoms with E-state index in [1.165, 1.54) is 38.5 Å². The lowest BCUT2D eigenvalue weighted by Crippen LogP contribution is -2.36. The molecule has 1 heterocycles. The first-order valence-electron chi connectivity index (χ1n) is 6.33. The molecule has 0 spiro atoms. The second kappa shape index (κ2) is 5.00. The van der Waals surface area contributed by atoms with E-state index in [1.807, 2.05) is 0 Å². The van der Waals surface area contributed by atoms with Crippen LogP contribution in [0.4, 0.5) is 0 Å². The van der Waals surface area contributed by atoms with Crippen LogP contribution in [0, 0.1) is 5.92 Å². The predicted octanol–water partition coefficient (Wildman–Crippen LogP) is 2.28. The van der Waals surface area contributed by atoms with E-state index in [0.29, 0.717) is 18.2 Å². The third-order valence-corrected chi connectivity index (χ3v) is 4.05. The molecule has 0 amide bonds. The Bertz CT molecular complexity index is 282. The average molecular weight is 223 g/mol. The molecule has 0 aromatic heterocycles. The Hall–Kier alpha value is -0.830. The van der Waals surface area contributed by atoms with Crippen molar-refractivity contribution in [2.45, 2.75) is 44.6 Å². The molecule has 0 bridgehead atoms. The molecule has 1 saturated heterocycles. The lowest BCUT2D eigenvalue weighted by atomic mass is 9.96. The molecule has 0 aromatic carbocycles. The highest BCUT2D eigenvalue weighted by molar-refractivity contribution is 5.86. The van der Waals surface area contributed by atoms with Gasteiger partial charge in [-0.15, -0.1) is 0 Å². The van der Waals surface area contributed by atoms with Gasteiger partial charge in [-0.3, -0.25) is 4.90 Å². The van der Waals surface area contributed by atoms with Crippen molar-refractivity contribution in [1.82, 2.24) is 4.90 Å². The maximum absolute atomic E-state index is 10.8. The normalized spacial score (nSPS) is 27.4. The van der Waals surface area contributed by atoms with Crippen molar-refractivity contribution in [3.8, 4) is 0 Å². The summed E-state index contributed by atoms with van der Waals surface area (Å²) >= 11 is 0. The zero-order chi connectivity index (χ0) is 11.5. The predicted molar refractivity (Wildman–Crippen MR) is 63.3 cm³/mol. The lowest BCUT2D eigenvalue weighted by molar-refractivity contribution is -0.132. The Kier molecular flexibility index (Phi) is 3.64. The summed E-state index contributed by atoms with van der Waals surface area (Å²) in [6.07, 6.45) is 7.84. The van der Waals surface area contributed by atoms with Gasteiger partial charge in [-0.1, -0.05) is 19.4 Å². The summed E-state index contributed by atoms with van der Waals surface area (Å²) in [6.45, 7) is 5.24. The highest BCUT2D eigenvalue weighted by Gasteiger charge is 2.33. The summed E-state index contributed by atoms with van der Waals surface area (Å²) in [4.78, 5) is 13.1. The summed E-state index contributed by atoms with van der Waals surface area (Å²) in [6, 6.07) is 0.624. The van der Waals surface area contributed by atoms with Crippen LogP contribution >= 0.6 is 0 Å². The molecule has 2 rings (SSSR count). The monoisotopic (exact) mass is 223 g/mol. The van der Waals surface area contributed by atoms with E-state index in [-0.39, 0.29) is 0 Å². The van der Waals surface area contributed by atoms with E-state index in [2.05, 4.69) is 11.5 Å². The summed E-state index contributed by atoms with van der Waals surface area (Å²) < 4.78 is 0. The fourth-order valence-corrected chi connectivity index (χ4v) is 3.24. The smallest absolute Gasteiger partial charge is 0.332 e. The average Bonchev–Trinajstić information content (AvgIpc) is 2.85. The van der Waals surface area contributed by atoms with Crippen molar-refractivity contribution in [3.63, 3.8) is 0 Å². The van der Waals surface area contributed by atoms with Crippen LogP contribution in [0.25, 0.3) is 0 Å². The Labute approximate surface area is 97.1 Å². The lowest BCUT2D eigenvalue weighted by Gasteiger charge is -2.29. The van der Waals surface area contributed by atoms with Gasteiger partial charge in [0.25, 0.3) is 0 Å². The van der Waals surface area contributed by atoms with Crippen molar-refractivity contribution in [3.05, 3.63) is 12.2 Å². The molecular formula is C13H21NO2. The molecule has 3 nitrogen and oxygen atoms in total. The Morgan fingerprint density at radius 3 is 2.56 bits per heavy atom. The first kappa shape index (κ1) is 11.6. The molecule has 0 aromatic rings. The van der Waals surface area contributed by atoms with Gasteiger partial charge in [0, 0.05) is 18.2 Å². The number of carboxylic acids is 1. The summed E-state index contributed by atoms with van der Waals surface area (Å²) in [5.74, 6) is -0.0406. The van der Waals surface area contributed by atoms with Crippen LogP contribution in [0.5, 0.6) is 0 Å². The molecule has 1 aliphatic carbocycles. The van der Waals surface area contributed by atoms with Crippen molar-refractivity contribution in [2.75, 3.05) is 13.1 Å². The van der Waals surface area contributed by atoms with Gasteiger partial charge in [0.1, 0.15) is 0 Å². The second-order valence-corrected chi connectivity index (χ2v) is 5.13. The second-order valence-electron chi connectivity index (χ2n) is 5.13. The zero-order valence-corrected chi connectivity index (χ0v) is 9.82. The minimum Gasteiger partial charge on any atom is -0.478 e. The highest BCUT2D eigenvalue weighted by Crippen LogP contribution is 2.35. The van der Waals surface area contributed by atoms with Crippen molar-refractivity contribution < 1.29 is 9.90 Å². The van der Waals surface area contributed by atoms with Gasteiger partial charge in [-0.25, -0.2) is 4.79 Å². The quantitative estimate of drug-likeness (QED) is 0.743. The van der Waals surface area contributed by atoms with Gasteiger partial charge in [0.2, 0.25) is 0 Å². The van der Waals surface area contributed by atoms with Crippen LogP contribution in [0.2, 0.25) is 0 Å². The summed E-state index contributed by atoms with van der Waals surface area (Å²) in [5, 5.41) is 8.87. The van der Waals surface area contributed by atoms with Gasteiger partial charge in [0.05, 0.1) is 0 Å². The van der Waals surface area contributed by atoms with Crippen LogP contribution in [0.15, 0.2) is 12.2 Å². The Balaban J connectivity index is 1.92. The molecule has 1 N–H and O–H groups in total. The van der Waals surface area contributed by atoms with Crippen molar-refractivity contribution >= 4 is 5.97 Å². The highest BCUT2D eigenvalue weighted by atomic mass is 16.4. The molecule has 1 unspecified atom stereocenters. The van der Waals surface area contributed by atoms with Gasteiger partial charge in [-0.05, 0) is 38.1 Å². The van der Waals surface area contributed by atoms with Crippen LogP contribution in [-0.2, 0) is 4.79 Å². The van der Waals surface area contributed by atoms with E-state index < -0.39 is 5.97 Å². The molecule has 1 saturated carbocycles. The number of nitrogens with zero attached hydrogens (tertiary/aromatic N) is 1. The largest absolute Gasteiger partial charge is 0.478 e. The number of hydrogen-bond acceptors (Lipinski definition) is 2. The first-order chi connectivity index (χ1) is 7.68. The van der Waals surface area contributed by atoms with Crippen LogP contribution < -0.4 is 0 Å². The summed E-state index contributed by atoms with van der Waals surface area (Å²) in [7, 11) is 0. The maximum atomic E-state index is 10.8. The third kappa shape index (κ3) is 2.46. The van der Waals surface area contributed by atoms with Crippen molar-refractivity contribution in [2.24, 2.45) is 5.92 Å². The standard InChI is InChI=1S/C13H21NO2/c1-10(13(15)16)9-14-8-4-7-12(14)11-5-2-3-6-11/h11-12H,1-9H2,(H,15,16). The fourth-order valence-electron chi connectivity index (χ4n) is 3.24. The van der Waals surface area contributed by atoms with E-state index in [1.54, 1.807) is 0 Å². The molecule has 0 radical (unpaired) electrons. The topological polar surface area (TPSA) is 40.5 Å².